The summed E-state index contributed by atoms with van der Waals surface area (Å²) in [4.78, 5) is 16.8. The summed E-state index contributed by atoms with van der Waals surface area (Å²) in [5.74, 6) is 0.154. The highest BCUT2D eigenvalue weighted by molar-refractivity contribution is 5.81. The number of hydrogen-bond donors (Lipinski definition) is 0. The Morgan fingerprint density at radius 1 is 1.09 bits per heavy atom. The Balaban J connectivity index is 1.81. The highest BCUT2D eigenvalue weighted by atomic mass is 19.1. The summed E-state index contributed by atoms with van der Waals surface area (Å²) >= 11 is 0. The smallest absolute Gasteiger partial charge is 0.178 e. The molecule has 0 fully saturated rings. The fourth-order valence-corrected chi connectivity index (χ4v) is 2.28. The molecule has 0 amide bonds. The number of aryl methyl sites for hydroxylation is 1. The van der Waals surface area contributed by atoms with Crippen molar-refractivity contribution in [2.24, 2.45) is 0 Å². The van der Waals surface area contributed by atoms with Gasteiger partial charge in [0.05, 0.1) is 24.3 Å². The van der Waals surface area contributed by atoms with Gasteiger partial charge in [-0.3, -0.25) is 9.97 Å². The van der Waals surface area contributed by atoms with E-state index in [-0.39, 0.29) is 0 Å². The molecule has 6 nitrogen and oxygen atoms in total. The van der Waals surface area contributed by atoms with Crippen LogP contribution in [0, 0.1) is 12.7 Å². The van der Waals surface area contributed by atoms with Crippen LogP contribution in [0.15, 0.2) is 49.2 Å². The van der Waals surface area contributed by atoms with Gasteiger partial charge in [-0.25, -0.2) is 19.0 Å². The van der Waals surface area contributed by atoms with Crippen molar-refractivity contribution in [3.05, 3.63) is 60.7 Å². The van der Waals surface area contributed by atoms with Crippen molar-refractivity contribution in [3.63, 3.8) is 0 Å². The number of hydrogen-bond acceptors (Lipinski definition) is 5. The van der Waals surface area contributed by atoms with E-state index in [9.17, 15) is 4.39 Å². The van der Waals surface area contributed by atoms with E-state index in [1.165, 1.54) is 6.07 Å². The largest absolute Gasteiger partial charge is 0.259 e. The van der Waals surface area contributed by atoms with Gasteiger partial charge in [0.15, 0.2) is 5.82 Å². The third-order valence-corrected chi connectivity index (χ3v) is 3.37. The van der Waals surface area contributed by atoms with E-state index >= 15 is 0 Å². The molecule has 7 heteroatoms. The van der Waals surface area contributed by atoms with Crippen LogP contribution in [0.1, 0.15) is 5.69 Å². The molecule has 4 rings (SSSR count). The van der Waals surface area contributed by atoms with Gasteiger partial charge in [0, 0.05) is 29.5 Å². The number of fused-ring (bicyclic) bond motifs is 1. The van der Waals surface area contributed by atoms with E-state index in [1.54, 1.807) is 29.5 Å². The second-order valence-electron chi connectivity index (χ2n) is 5.09. The molecule has 0 saturated carbocycles. The second-order valence-corrected chi connectivity index (χ2v) is 5.09. The zero-order valence-electron chi connectivity index (χ0n) is 12.2. The predicted octanol–water partition coefficient (Wildman–Crippen LogP) is 2.72. The van der Waals surface area contributed by atoms with Gasteiger partial charge in [0.25, 0.3) is 0 Å². The maximum Gasteiger partial charge on any atom is 0.178 e. The van der Waals surface area contributed by atoms with Crippen LogP contribution >= 0.6 is 0 Å². The lowest BCUT2D eigenvalue weighted by molar-refractivity contribution is 0.618. The summed E-state index contributed by atoms with van der Waals surface area (Å²) in [7, 11) is 0. The van der Waals surface area contributed by atoms with E-state index < -0.39 is 5.82 Å². The van der Waals surface area contributed by atoms with Crippen LogP contribution in [0.3, 0.4) is 0 Å². The fourth-order valence-electron chi connectivity index (χ4n) is 2.28. The van der Waals surface area contributed by atoms with Crippen molar-refractivity contribution >= 4 is 10.9 Å². The number of rotatable bonds is 2. The molecular weight excluding hydrogens is 295 g/mol. The molecule has 0 N–H and O–H groups in total. The lowest BCUT2D eigenvalue weighted by Crippen LogP contribution is -1.95. The topological polar surface area (TPSA) is 69.4 Å². The average Bonchev–Trinajstić information content (AvgIpc) is 2.98. The van der Waals surface area contributed by atoms with Crippen molar-refractivity contribution in [1.82, 2.24) is 29.7 Å². The Morgan fingerprint density at radius 2 is 2.00 bits per heavy atom. The van der Waals surface area contributed by atoms with Crippen molar-refractivity contribution in [2.75, 3.05) is 0 Å². The van der Waals surface area contributed by atoms with Crippen LogP contribution in [0.25, 0.3) is 28.1 Å². The lowest BCUT2D eigenvalue weighted by atomic mass is 10.2. The van der Waals surface area contributed by atoms with E-state index in [0.29, 0.717) is 22.7 Å². The zero-order valence-corrected chi connectivity index (χ0v) is 12.2. The molecule has 112 valence electrons. The minimum atomic E-state index is -0.408. The number of nitrogens with zero attached hydrogens (tertiary/aromatic N) is 6. The van der Waals surface area contributed by atoms with Crippen LogP contribution in [0.4, 0.5) is 4.39 Å². The Bertz CT molecular complexity index is 967. The van der Waals surface area contributed by atoms with Gasteiger partial charge >= 0.3 is 0 Å². The van der Waals surface area contributed by atoms with Gasteiger partial charge in [0.1, 0.15) is 17.0 Å². The molecule has 0 saturated heterocycles. The third-order valence-electron chi connectivity index (χ3n) is 3.37. The molecule has 0 atom stereocenters. The molecule has 4 aromatic heterocycles. The first-order valence-corrected chi connectivity index (χ1v) is 6.95. The molecule has 0 radical (unpaired) electrons. The summed E-state index contributed by atoms with van der Waals surface area (Å²) in [6.07, 6.45) is 7.85. The summed E-state index contributed by atoms with van der Waals surface area (Å²) in [5.41, 5.74) is 2.79. The third kappa shape index (κ3) is 2.52. The molecule has 0 aliphatic carbocycles. The molecule has 0 aliphatic heterocycles. The number of pyridine rings is 2. The summed E-state index contributed by atoms with van der Waals surface area (Å²) in [6, 6.07) is 5.06. The Kier molecular flexibility index (Phi) is 3.04. The molecule has 0 aromatic carbocycles. The molecule has 0 spiro atoms. The first kappa shape index (κ1) is 13.4. The molecule has 4 heterocycles. The monoisotopic (exact) mass is 306 g/mol. The first-order chi connectivity index (χ1) is 11.2. The quantitative estimate of drug-likeness (QED) is 0.569. The van der Waals surface area contributed by atoms with Gasteiger partial charge in [-0.05, 0) is 19.1 Å². The summed E-state index contributed by atoms with van der Waals surface area (Å²) in [5, 5.41) is 5.25. The Hall–Kier alpha value is -3.22. The Labute approximate surface area is 130 Å². The van der Waals surface area contributed by atoms with E-state index in [2.05, 4.69) is 25.0 Å². The normalized spacial score (nSPS) is 11.0. The maximum atomic E-state index is 13.3. The molecular formula is C16H11FN6. The summed E-state index contributed by atoms with van der Waals surface area (Å²) < 4.78 is 14.9. The highest BCUT2D eigenvalue weighted by Gasteiger charge is 2.08. The van der Waals surface area contributed by atoms with Crippen molar-refractivity contribution in [3.8, 4) is 17.2 Å². The predicted molar refractivity (Wildman–Crippen MR) is 82.4 cm³/mol. The van der Waals surface area contributed by atoms with Crippen LogP contribution in [-0.4, -0.2) is 29.7 Å². The fraction of sp³-hybridized carbons (Fsp3) is 0.0625. The molecule has 0 aliphatic rings. The van der Waals surface area contributed by atoms with Crippen LogP contribution < -0.4 is 0 Å². The van der Waals surface area contributed by atoms with E-state index in [4.69, 9.17) is 0 Å². The van der Waals surface area contributed by atoms with Crippen LogP contribution in [0.5, 0.6) is 0 Å². The van der Waals surface area contributed by atoms with Gasteiger partial charge in [-0.1, -0.05) is 0 Å². The zero-order chi connectivity index (χ0) is 15.8. The summed E-state index contributed by atoms with van der Waals surface area (Å²) in [6.45, 7) is 1.90. The van der Waals surface area contributed by atoms with Crippen LogP contribution in [0.2, 0.25) is 0 Å². The number of aromatic nitrogens is 6. The van der Waals surface area contributed by atoms with E-state index in [1.807, 2.05) is 19.1 Å². The van der Waals surface area contributed by atoms with Crippen molar-refractivity contribution in [1.29, 1.82) is 0 Å². The molecule has 4 aromatic rings. The molecule has 0 unspecified atom stereocenters. The SMILES string of the molecule is Cc1ccnc(-c2cc3cn(-c4cncc(F)c4)nc3cn2)n1. The average molecular weight is 306 g/mol. The standard InChI is InChI=1S/C16H11FN6/c1-10-2-3-19-16(21-10)14-4-11-9-23(22-15(11)8-20-14)13-5-12(17)6-18-7-13/h2-9H,1H3. The first-order valence-electron chi connectivity index (χ1n) is 6.95. The highest BCUT2D eigenvalue weighted by Crippen LogP contribution is 2.20. The number of halogens is 1. The molecule has 0 bridgehead atoms. The minimum absolute atomic E-state index is 0.408. The Morgan fingerprint density at radius 3 is 2.83 bits per heavy atom. The van der Waals surface area contributed by atoms with Crippen molar-refractivity contribution < 1.29 is 4.39 Å². The van der Waals surface area contributed by atoms with Gasteiger partial charge < -0.3 is 0 Å². The minimum Gasteiger partial charge on any atom is -0.259 e. The van der Waals surface area contributed by atoms with Crippen molar-refractivity contribution in [2.45, 2.75) is 6.92 Å². The van der Waals surface area contributed by atoms with Crippen LogP contribution in [-0.2, 0) is 0 Å². The van der Waals surface area contributed by atoms with Gasteiger partial charge in [-0.2, -0.15) is 5.10 Å². The van der Waals surface area contributed by atoms with Gasteiger partial charge in [0.2, 0.25) is 0 Å². The molecule has 23 heavy (non-hydrogen) atoms. The second kappa shape index (κ2) is 5.20. The van der Waals surface area contributed by atoms with Gasteiger partial charge in [-0.15, -0.1) is 0 Å². The maximum absolute atomic E-state index is 13.3. The van der Waals surface area contributed by atoms with E-state index in [0.717, 1.165) is 17.3 Å². The lowest BCUT2D eigenvalue weighted by Gasteiger charge is -1.99.